The summed E-state index contributed by atoms with van der Waals surface area (Å²) in [7, 11) is 0. The van der Waals surface area contributed by atoms with Crippen molar-refractivity contribution in [2.45, 2.75) is 6.61 Å². The van der Waals surface area contributed by atoms with Crippen molar-refractivity contribution in [3.8, 4) is 11.1 Å². The van der Waals surface area contributed by atoms with Crippen LogP contribution in [0, 0.1) is 10.1 Å². The van der Waals surface area contributed by atoms with Crippen LogP contribution < -0.4 is 10.9 Å². The summed E-state index contributed by atoms with van der Waals surface area (Å²) in [5, 5.41) is 13.5. The summed E-state index contributed by atoms with van der Waals surface area (Å²) in [5.41, 5.74) is 1.23. The largest absolute Gasteiger partial charge is 0.444 e. The Morgan fingerprint density at radius 1 is 1.07 bits per heavy atom. The number of aromatic nitrogens is 1. The third-order valence-electron chi connectivity index (χ3n) is 3.76. The molecule has 8 nitrogen and oxygen atoms in total. The Morgan fingerprint density at radius 2 is 1.78 bits per heavy atom. The van der Waals surface area contributed by atoms with Gasteiger partial charge in [-0.05, 0) is 23.3 Å². The van der Waals surface area contributed by atoms with Crippen molar-refractivity contribution in [3.63, 3.8) is 0 Å². The molecule has 1 amide bonds. The lowest BCUT2D eigenvalue weighted by molar-refractivity contribution is -0.386. The molecule has 2 N–H and O–H groups in total. The summed E-state index contributed by atoms with van der Waals surface area (Å²) in [4.78, 5) is 35.7. The molecule has 27 heavy (non-hydrogen) atoms. The minimum Gasteiger partial charge on any atom is -0.444 e. The van der Waals surface area contributed by atoms with Crippen molar-refractivity contribution in [2.75, 3.05) is 5.32 Å². The Morgan fingerprint density at radius 3 is 2.44 bits per heavy atom. The maximum Gasteiger partial charge on any atom is 0.411 e. The van der Waals surface area contributed by atoms with Crippen LogP contribution in [-0.2, 0) is 11.3 Å². The zero-order valence-corrected chi connectivity index (χ0v) is 14.0. The van der Waals surface area contributed by atoms with E-state index in [1.165, 1.54) is 12.3 Å². The van der Waals surface area contributed by atoms with Crippen LogP contribution in [0.2, 0.25) is 0 Å². The average molecular weight is 365 g/mol. The Bertz CT molecular complexity index is 1010. The van der Waals surface area contributed by atoms with Gasteiger partial charge in [0.2, 0.25) is 0 Å². The summed E-state index contributed by atoms with van der Waals surface area (Å²) < 4.78 is 5.14. The number of benzene rings is 2. The molecule has 0 fully saturated rings. The Kier molecular flexibility index (Phi) is 5.27. The van der Waals surface area contributed by atoms with E-state index in [1.807, 2.05) is 30.3 Å². The van der Waals surface area contributed by atoms with Gasteiger partial charge >= 0.3 is 17.3 Å². The molecule has 2 aromatic carbocycles. The number of anilines is 1. The van der Waals surface area contributed by atoms with Gasteiger partial charge in [-0.3, -0.25) is 20.2 Å². The van der Waals surface area contributed by atoms with Gasteiger partial charge in [-0.25, -0.2) is 4.79 Å². The molecule has 1 aromatic heterocycles. The lowest BCUT2D eigenvalue weighted by atomic mass is 10.1. The molecule has 1 heterocycles. The second-order valence-electron chi connectivity index (χ2n) is 5.62. The number of nitrogens with zero attached hydrogens (tertiary/aromatic N) is 1. The molecule has 0 bridgehead atoms. The van der Waals surface area contributed by atoms with Gasteiger partial charge in [0.1, 0.15) is 6.61 Å². The number of pyridine rings is 1. The summed E-state index contributed by atoms with van der Waals surface area (Å²) in [6.45, 7) is 0.159. The number of hydrogen-bond donors (Lipinski definition) is 2. The number of aromatic amines is 1. The van der Waals surface area contributed by atoms with Crippen molar-refractivity contribution in [1.82, 2.24) is 4.98 Å². The van der Waals surface area contributed by atoms with Gasteiger partial charge in [-0.15, -0.1) is 0 Å². The van der Waals surface area contributed by atoms with Crippen LogP contribution in [0.15, 0.2) is 71.7 Å². The summed E-state index contributed by atoms with van der Waals surface area (Å²) in [5.74, 6) is 0. The SMILES string of the molecule is O=C(Nc1ccc(-c2c[nH]c(=O)c([N+](=O)[O-])c2)cc1)OCc1ccccc1. The number of carbonyl (C=O) groups excluding carboxylic acids is 1. The van der Waals surface area contributed by atoms with E-state index in [0.29, 0.717) is 16.8 Å². The standard InChI is InChI=1S/C19H15N3O5/c23-18-17(22(25)26)10-15(11-20-18)14-6-8-16(9-7-14)21-19(24)27-12-13-4-2-1-3-5-13/h1-11H,12H2,(H,20,23)(H,21,24). The van der Waals surface area contributed by atoms with Crippen LogP contribution in [0.4, 0.5) is 16.2 Å². The molecule has 136 valence electrons. The van der Waals surface area contributed by atoms with Gasteiger partial charge < -0.3 is 9.72 Å². The number of H-pyrrole nitrogens is 1. The van der Waals surface area contributed by atoms with Crippen LogP contribution in [0.25, 0.3) is 11.1 Å². The smallest absolute Gasteiger partial charge is 0.411 e. The fourth-order valence-electron chi connectivity index (χ4n) is 2.40. The van der Waals surface area contributed by atoms with Gasteiger partial charge in [0.05, 0.1) is 4.92 Å². The first-order chi connectivity index (χ1) is 13.0. The first kappa shape index (κ1) is 17.9. The molecule has 0 atom stereocenters. The molecule has 3 aromatic rings. The number of ether oxygens (including phenoxy) is 1. The van der Waals surface area contributed by atoms with Gasteiger partial charge in [0.25, 0.3) is 0 Å². The first-order valence-electron chi connectivity index (χ1n) is 7.98. The molecule has 0 radical (unpaired) electrons. The Hall–Kier alpha value is -3.94. The third-order valence-corrected chi connectivity index (χ3v) is 3.76. The summed E-state index contributed by atoms with van der Waals surface area (Å²) >= 11 is 0. The highest BCUT2D eigenvalue weighted by atomic mass is 16.6. The molecule has 0 aliphatic carbocycles. The van der Waals surface area contributed by atoms with Crippen LogP contribution in [-0.4, -0.2) is 16.0 Å². The van der Waals surface area contributed by atoms with Crippen LogP contribution in [0.3, 0.4) is 0 Å². The monoisotopic (exact) mass is 365 g/mol. The molecule has 0 aliphatic rings. The molecule has 0 unspecified atom stereocenters. The topological polar surface area (TPSA) is 114 Å². The quantitative estimate of drug-likeness (QED) is 0.528. The highest BCUT2D eigenvalue weighted by Gasteiger charge is 2.13. The fourth-order valence-corrected chi connectivity index (χ4v) is 2.40. The molecular formula is C19H15N3O5. The van der Waals surface area contributed by atoms with Crippen molar-refractivity contribution < 1.29 is 14.5 Å². The lowest BCUT2D eigenvalue weighted by Crippen LogP contribution is -2.13. The van der Waals surface area contributed by atoms with E-state index in [9.17, 15) is 19.7 Å². The average Bonchev–Trinajstić information content (AvgIpc) is 2.68. The van der Waals surface area contributed by atoms with Crippen molar-refractivity contribution >= 4 is 17.5 Å². The van der Waals surface area contributed by atoms with Gasteiger partial charge in [0, 0.05) is 23.5 Å². The number of amides is 1. The molecule has 0 saturated heterocycles. The van der Waals surface area contributed by atoms with E-state index in [2.05, 4.69) is 10.3 Å². The second kappa shape index (κ2) is 7.96. The number of nitro groups is 1. The fraction of sp³-hybridized carbons (Fsp3) is 0.0526. The van der Waals surface area contributed by atoms with Crippen LogP contribution in [0.5, 0.6) is 0 Å². The second-order valence-corrected chi connectivity index (χ2v) is 5.62. The summed E-state index contributed by atoms with van der Waals surface area (Å²) in [6.07, 6.45) is 0.803. The van der Waals surface area contributed by atoms with E-state index < -0.39 is 22.3 Å². The maximum absolute atomic E-state index is 11.8. The maximum atomic E-state index is 11.8. The molecule has 0 saturated carbocycles. The highest BCUT2D eigenvalue weighted by Crippen LogP contribution is 2.22. The zero-order valence-electron chi connectivity index (χ0n) is 14.0. The molecule has 0 aliphatic heterocycles. The minimum atomic E-state index is -0.761. The Balaban J connectivity index is 1.65. The number of nitrogens with one attached hydrogen (secondary N) is 2. The lowest BCUT2D eigenvalue weighted by Gasteiger charge is -2.08. The van der Waals surface area contributed by atoms with Crippen molar-refractivity contribution in [2.24, 2.45) is 0 Å². The van der Waals surface area contributed by atoms with Gasteiger partial charge in [0.15, 0.2) is 0 Å². The normalized spacial score (nSPS) is 10.2. The predicted octanol–water partition coefficient (Wildman–Crippen LogP) is 3.70. The van der Waals surface area contributed by atoms with Crippen molar-refractivity contribution in [3.05, 3.63) is 92.9 Å². The predicted molar refractivity (Wildman–Crippen MR) is 99.4 cm³/mol. The highest BCUT2D eigenvalue weighted by molar-refractivity contribution is 5.85. The molecule has 3 rings (SSSR count). The van der Waals surface area contributed by atoms with Crippen LogP contribution >= 0.6 is 0 Å². The Labute approximate surface area is 153 Å². The van der Waals surface area contributed by atoms with E-state index in [-0.39, 0.29) is 6.61 Å². The van der Waals surface area contributed by atoms with E-state index in [4.69, 9.17) is 4.74 Å². The van der Waals surface area contributed by atoms with Crippen LogP contribution in [0.1, 0.15) is 5.56 Å². The molecular weight excluding hydrogens is 350 g/mol. The number of carbonyl (C=O) groups is 1. The van der Waals surface area contributed by atoms with Gasteiger partial charge in [-0.2, -0.15) is 0 Å². The number of hydrogen-bond acceptors (Lipinski definition) is 5. The molecule has 8 heteroatoms. The first-order valence-corrected chi connectivity index (χ1v) is 7.98. The zero-order chi connectivity index (χ0) is 19.2. The minimum absolute atomic E-state index is 0.159. The van der Waals surface area contributed by atoms with E-state index in [0.717, 1.165) is 5.56 Å². The van der Waals surface area contributed by atoms with E-state index >= 15 is 0 Å². The van der Waals surface area contributed by atoms with Crippen molar-refractivity contribution in [1.29, 1.82) is 0 Å². The molecule has 0 spiro atoms. The summed E-state index contributed by atoms with van der Waals surface area (Å²) in [6, 6.07) is 17.1. The third kappa shape index (κ3) is 4.57. The van der Waals surface area contributed by atoms with Gasteiger partial charge in [-0.1, -0.05) is 42.5 Å². The number of rotatable bonds is 5. The van der Waals surface area contributed by atoms with E-state index in [1.54, 1.807) is 24.3 Å².